The second kappa shape index (κ2) is 6.06. The second-order valence-electron chi connectivity index (χ2n) is 5.07. The molecule has 0 atom stereocenters. The highest BCUT2D eigenvalue weighted by molar-refractivity contribution is 9.10. The predicted molar refractivity (Wildman–Crippen MR) is 84.9 cm³/mol. The molecule has 0 spiro atoms. The molecule has 2 aromatic rings. The average Bonchev–Trinajstić information content (AvgIpc) is 2.87. The van der Waals surface area contributed by atoms with Gasteiger partial charge in [-0.3, -0.25) is 0 Å². The van der Waals surface area contributed by atoms with Crippen LogP contribution in [0.4, 0.5) is 5.13 Å². The smallest absolute Gasteiger partial charge is 0.186 e. The highest BCUT2D eigenvalue weighted by Crippen LogP contribution is 2.29. The van der Waals surface area contributed by atoms with Gasteiger partial charge in [0.2, 0.25) is 0 Å². The first-order chi connectivity index (χ1) is 9.31. The molecule has 1 aliphatic rings. The Morgan fingerprint density at radius 1 is 1.21 bits per heavy atom. The van der Waals surface area contributed by atoms with Gasteiger partial charge < -0.3 is 4.90 Å². The van der Waals surface area contributed by atoms with Crippen molar-refractivity contribution in [2.45, 2.75) is 19.3 Å². The van der Waals surface area contributed by atoms with Crippen LogP contribution in [0.2, 0.25) is 0 Å². The molecule has 0 N–H and O–H groups in total. The Morgan fingerprint density at radius 2 is 1.95 bits per heavy atom. The molecule has 2 heterocycles. The van der Waals surface area contributed by atoms with Crippen molar-refractivity contribution in [3.8, 4) is 0 Å². The summed E-state index contributed by atoms with van der Waals surface area (Å²) in [6.07, 6.45) is 3.76. The molecule has 0 amide bonds. The van der Waals surface area contributed by atoms with Gasteiger partial charge in [0.15, 0.2) is 5.13 Å². The van der Waals surface area contributed by atoms with E-state index in [-0.39, 0.29) is 0 Å². The number of piperidine rings is 1. The van der Waals surface area contributed by atoms with Crippen LogP contribution in [0, 0.1) is 5.92 Å². The summed E-state index contributed by atoms with van der Waals surface area (Å²) in [5, 5.41) is 3.22. The number of thiazole rings is 1. The SMILES string of the molecule is Brc1csc(N2CCC(Cc3ccccc3)CC2)n1. The third kappa shape index (κ3) is 3.37. The summed E-state index contributed by atoms with van der Waals surface area (Å²) in [7, 11) is 0. The maximum Gasteiger partial charge on any atom is 0.186 e. The largest absolute Gasteiger partial charge is 0.348 e. The fourth-order valence-electron chi connectivity index (χ4n) is 2.67. The van der Waals surface area contributed by atoms with Gasteiger partial charge in [-0.2, -0.15) is 0 Å². The van der Waals surface area contributed by atoms with Gasteiger partial charge in [-0.05, 0) is 46.7 Å². The van der Waals surface area contributed by atoms with E-state index < -0.39 is 0 Å². The number of halogens is 1. The molecule has 1 aromatic carbocycles. The normalized spacial score (nSPS) is 16.8. The van der Waals surface area contributed by atoms with Crippen LogP contribution < -0.4 is 4.90 Å². The van der Waals surface area contributed by atoms with E-state index in [1.807, 2.05) is 0 Å². The molecule has 0 radical (unpaired) electrons. The van der Waals surface area contributed by atoms with Crippen LogP contribution in [-0.2, 0) is 6.42 Å². The maximum absolute atomic E-state index is 4.50. The van der Waals surface area contributed by atoms with Gasteiger partial charge in [-0.25, -0.2) is 4.98 Å². The Bertz CT molecular complexity index is 518. The zero-order chi connectivity index (χ0) is 13.1. The molecule has 19 heavy (non-hydrogen) atoms. The predicted octanol–water partition coefficient (Wildman–Crippen LogP) is 4.36. The molecule has 0 unspecified atom stereocenters. The minimum atomic E-state index is 0.821. The van der Waals surface area contributed by atoms with E-state index in [1.54, 1.807) is 11.3 Å². The Labute approximate surface area is 126 Å². The lowest BCUT2D eigenvalue weighted by molar-refractivity contribution is 0.403. The minimum Gasteiger partial charge on any atom is -0.348 e. The van der Waals surface area contributed by atoms with Crippen LogP contribution >= 0.6 is 27.3 Å². The van der Waals surface area contributed by atoms with Gasteiger partial charge in [0, 0.05) is 18.5 Å². The zero-order valence-corrected chi connectivity index (χ0v) is 13.2. The van der Waals surface area contributed by atoms with E-state index in [1.165, 1.54) is 24.8 Å². The van der Waals surface area contributed by atoms with Gasteiger partial charge >= 0.3 is 0 Å². The van der Waals surface area contributed by atoms with Gasteiger partial charge in [0.25, 0.3) is 0 Å². The van der Waals surface area contributed by atoms with Gasteiger partial charge in [0.1, 0.15) is 4.60 Å². The van der Waals surface area contributed by atoms with Gasteiger partial charge in [0.05, 0.1) is 0 Å². The Kier molecular flexibility index (Phi) is 4.18. The summed E-state index contributed by atoms with van der Waals surface area (Å²) in [5.41, 5.74) is 1.47. The average molecular weight is 337 g/mol. The highest BCUT2D eigenvalue weighted by atomic mass is 79.9. The Morgan fingerprint density at radius 3 is 2.58 bits per heavy atom. The van der Waals surface area contributed by atoms with Crippen molar-refractivity contribution in [3.63, 3.8) is 0 Å². The van der Waals surface area contributed by atoms with Crippen LogP contribution in [0.25, 0.3) is 0 Å². The summed E-state index contributed by atoms with van der Waals surface area (Å²) < 4.78 is 0.957. The number of aromatic nitrogens is 1. The van der Waals surface area contributed by atoms with Crippen molar-refractivity contribution in [2.75, 3.05) is 18.0 Å². The van der Waals surface area contributed by atoms with Crippen molar-refractivity contribution in [1.29, 1.82) is 0 Å². The molecular weight excluding hydrogens is 320 g/mol. The van der Waals surface area contributed by atoms with Gasteiger partial charge in [-0.15, -0.1) is 11.3 Å². The molecule has 3 rings (SSSR count). The van der Waals surface area contributed by atoms with E-state index in [4.69, 9.17) is 0 Å². The van der Waals surface area contributed by atoms with Crippen LogP contribution in [0.5, 0.6) is 0 Å². The number of hydrogen-bond acceptors (Lipinski definition) is 3. The monoisotopic (exact) mass is 336 g/mol. The van der Waals surface area contributed by atoms with Crippen molar-refractivity contribution in [2.24, 2.45) is 5.92 Å². The molecule has 1 saturated heterocycles. The summed E-state index contributed by atoms with van der Waals surface area (Å²) in [6.45, 7) is 2.27. The van der Waals surface area contributed by atoms with E-state index in [0.717, 1.165) is 28.7 Å². The number of nitrogens with zero attached hydrogens (tertiary/aromatic N) is 2. The molecule has 0 saturated carbocycles. The fraction of sp³-hybridized carbons (Fsp3) is 0.400. The molecule has 0 aliphatic carbocycles. The number of anilines is 1. The van der Waals surface area contributed by atoms with E-state index >= 15 is 0 Å². The lowest BCUT2D eigenvalue weighted by Crippen LogP contribution is -2.34. The molecular formula is C15H17BrN2S. The standard InChI is InChI=1S/C15H17BrN2S/c16-14-11-19-15(17-14)18-8-6-13(7-9-18)10-12-4-2-1-3-5-12/h1-5,11,13H,6-10H2. The first-order valence-corrected chi connectivity index (χ1v) is 8.38. The van der Waals surface area contributed by atoms with Crippen molar-refractivity contribution in [1.82, 2.24) is 4.98 Å². The molecule has 100 valence electrons. The molecule has 1 aliphatic heterocycles. The molecule has 2 nitrogen and oxygen atoms in total. The first kappa shape index (κ1) is 13.1. The van der Waals surface area contributed by atoms with E-state index in [0.29, 0.717) is 0 Å². The Balaban J connectivity index is 1.55. The second-order valence-corrected chi connectivity index (χ2v) is 6.72. The summed E-state index contributed by atoms with van der Waals surface area (Å²) in [4.78, 5) is 6.92. The van der Waals surface area contributed by atoms with Crippen molar-refractivity contribution < 1.29 is 0 Å². The molecule has 1 fully saturated rings. The highest BCUT2D eigenvalue weighted by Gasteiger charge is 2.21. The summed E-state index contributed by atoms with van der Waals surface area (Å²) in [6, 6.07) is 10.8. The topological polar surface area (TPSA) is 16.1 Å². The maximum atomic E-state index is 4.50. The third-order valence-electron chi connectivity index (χ3n) is 3.72. The number of rotatable bonds is 3. The number of hydrogen-bond donors (Lipinski definition) is 0. The summed E-state index contributed by atoms with van der Waals surface area (Å²) in [5.74, 6) is 0.821. The summed E-state index contributed by atoms with van der Waals surface area (Å²) >= 11 is 5.16. The third-order valence-corrected chi connectivity index (χ3v) is 5.33. The minimum absolute atomic E-state index is 0.821. The van der Waals surface area contributed by atoms with Crippen molar-refractivity contribution >= 4 is 32.4 Å². The molecule has 4 heteroatoms. The zero-order valence-electron chi connectivity index (χ0n) is 10.8. The van der Waals surface area contributed by atoms with E-state index in [2.05, 4.69) is 61.5 Å². The van der Waals surface area contributed by atoms with Crippen LogP contribution in [0.1, 0.15) is 18.4 Å². The quantitative estimate of drug-likeness (QED) is 0.827. The Hall–Kier alpha value is -0.870. The molecule has 0 bridgehead atoms. The van der Waals surface area contributed by atoms with Crippen molar-refractivity contribution in [3.05, 3.63) is 45.9 Å². The lowest BCUT2D eigenvalue weighted by atomic mass is 9.90. The fourth-order valence-corrected chi connectivity index (χ4v) is 3.97. The molecule has 1 aromatic heterocycles. The van der Waals surface area contributed by atoms with Crippen LogP contribution in [0.3, 0.4) is 0 Å². The lowest BCUT2D eigenvalue weighted by Gasteiger charge is -2.31. The van der Waals surface area contributed by atoms with Gasteiger partial charge in [-0.1, -0.05) is 30.3 Å². The van der Waals surface area contributed by atoms with E-state index in [9.17, 15) is 0 Å². The van der Waals surface area contributed by atoms with Crippen LogP contribution in [-0.4, -0.2) is 18.1 Å². The first-order valence-electron chi connectivity index (χ1n) is 6.71. The number of benzene rings is 1. The van der Waals surface area contributed by atoms with Crippen LogP contribution in [0.15, 0.2) is 40.3 Å².